The van der Waals surface area contributed by atoms with Gasteiger partial charge < -0.3 is 10.8 Å². The van der Waals surface area contributed by atoms with Crippen molar-refractivity contribution in [2.24, 2.45) is 5.73 Å². The van der Waals surface area contributed by atoms with Crippen LogP contribution in [0.4, 0.5) is 0 Å². The fourth-order valence-electron chi connectivity index (χ4n) is 1.67. The standard InChI is InChI=1S/C11H19N3O2/c1-3-9(4-2)14-6-5-8(13-14)7-10(12)11(15)16/h5-6,9-10H,3-4,7,12H2,1-2H3,(H,15,16). The van der Waals surface area contributed by atoms with Crippen molar-refractivity contribution in [1.29, 1.82) is 0 Å². The van der Waals surface area contributed by atoms with Crippen molar-refractivity contribution in [1.82, 2.24) is 9.78 Å². The summed E-state index contributed by atoms with van der Waals surface area (Å²) in [7, 11) is 0. The molecule has 1 atom stereocenters. The molecule has 0 saturated heterocycles. The number of aromatic nitrogens is 2. The number of rotatable bonds is 6. The number of carboxylic acid groups (broad SMARTS) is 1. The van der Waals surface area contributed by atoms with Gasteiger partial charge in [0.2, 0.25) is 0 Å². The van der Waals surface area contributed by atoms with Crippen molar-refractivity contribution < 1.29 is 9.90 Å². The molecular formula is C11H19N3O2. The maximum atomic E-state index is 10.6. The van der Waals surface area contributed by atoms with E-state index in [1.54, 1.807) is 0 Å². The fourth-order valence-corrected chi connectivity index (χ4v) is 1.67. The van der Waals surface area contributed by atoms with Gasteiger partial charge >= 0.3 is 5.97 Å². The Morgan fingerprint density at radius 2 is 2.19 bits per heavy atom. The number of nitrogens with zero attached hydrogens (tertiary/aromatic N) is 2. The van der Waals surface area contributed by atoms with Crippen LogP contribution >= 0.6 is 0 Å². The van der Waals surface area contributed by atoms with Gasteiger partial charge in [-0.05, 0) is 18.9 Å². The van der Waals surface area contributed by atoms with Gasteiger partial charge in [-0.25, -0.2) is 0 Å². The zero-order chi connectivity index (χ0) is 12.1. The molecule has 1 unspecified atom stereocenters. The highest BCUT2D eigenvalue weighted by molar-refractivity contribution is 5.73. The van der Waals surface area contributed by atoms with Crippen molar-refractivity contribution in [3.05, 3.63) is 18.0 Å². The number of nitrogens with two attached hydrogens (primary N) is 1. The molecule has 90 valence electrons. The maximum absolute atomic E-state index is 10.6. The number of aliphatic carboxylic acids is 1. The summed E-state index contributed by atoms with van der Waals surface area (Å²) in [6.07, 6.45) is 4.20. The Hall–Kier alpha value is -1.36. The maximum Gasteiger partial charge on any atom is 0.320 e. The lowest BCUT2D eigenvalue weighted by atomic mass is 10.2. The predicted molar refractivity (Wildman–Crippen MR) is 61.2 cm³/mol. The first kappa shape index (κ1) is 12.7. The second-order valence-electron chi connectivity index (χ2n) is 3.91. The Bertz CT molecular complexity index is 345. The van der Waals surface area contributed by atoms with Crippen LogP contribution in [0.3, 0.4) is 0 Å². The molecule has 0 aliphatic rings. The summed E-state index contributed by atoms with van der Waals surface area (Å²) < 4.78 is 1.89. The van der Waals surface area contributed by atoms with Gasteiger partial charge in [0.15, 0.2) is 0 Å². The van der Waals surface area contributed by atoms with E-state index in [1.165, 1.54) is 0 Å². The van der Waals surface area contributed by atoms with Crippen LogP contribution in [-0.2, 0) is 11.2 Å². The molecule has 0 spiro atoms. The van der Waals surface area contributed by atoms with E-state index in [0.29, 0.717) is 6.04 Å². The average Bonchev–Trinajstić information content (AvgIpc) is 2.68. The Morgan fingerprint density at radius 1 is 1.56 bits per heavy atom. The van der Waals surface area contributed by atoms with Crippen molar-refractivity contribution >= 4 is 5.97 Å². The summed E-state index contributed by atoms with van der Waals surface area (Å²) in [4.78, 5) is 10.6. The molecule has 3 N–H and O–H groups in total. The van der Waals surface area contributed by atoms with Crippen molar-refractivity contribution in [2.45, 2.75) is 45.2 Å². The molecule has 5 heteroatoms. The van der Waals surface area contributed by atoms with Gasteiger partial charge in [0.25, 0.3) is 0 Å². The predicted octanol–water partition coefficient (Wildman–Crippen LogP) is 1.20. The van der Waals surface area contributed by atoms with Crippen molar-refractivity contribution in [3.8, 4) is 0 Å². The molecule has 1 aromatic rings. The second kappa shape index (κ2) is 5.65. The molecule has 0 bridgehead atoms. The Balaban J connectivity index is 2.67. The van der Waals surface area contributed by atoms with Crippen LogP contribution in [0.2, 0.25) is 0 Å². The van der Waals surface area contributed by atoms with E-state index in [1.807, 2.05) is 16.9 Å². The summed E-state index contributed by atoms with van der Waals surface area (Å²) in [5.74, 6) is -0.989. The van der Waals surface area contributed by atoms with Crippen molar-refractivity contribution in [2.75, 3.05) is 0 Å². The van der Waals surface area contributed by atoms with E-state index in [2.05, 4.69) is 18.9 Å². The van der Waals surface area contributed by atoms with E-state index in [0.717, 1.165) is 18.5 Å². The normalized spacial score (nSPS) is 13.0. The zero-order valence-electron chi connectivity index (χ0n) is 9.76. The van der Waals surface area contributed by atoms with Gasteiger partial charge in [0.05, 0.1) is 11.7 Å². The first-order valence-corrected chi connectivity index (χ1v) is 5.60. The third kappa shape index (κ3) is 3.06. The van der Waals surface area contributed by atoms with Crippen LogP contribution in [0.5, 0.6) is 0 Å². The van der Waals surface area contributed by atoms with E-state index >= 15 is 0 Å². The molecule has 0 aromatic carbocycles. The molecule has 5 nitrogen and oxygen atoms in total. The summed E-state index contributed by atoms with van der Waals surface area (Å²) in [6.45, 7) is 4.22. The molecule has 0 radical (unpaired) electrons. The minimum Gasteiger partial charge on any atom is -0.480 e. The summed E-state index contributed by atoms with van der Waals surface area (Å²) >= 11 is 0. The first-order valence-electron chi connectivity index (χ1n) is 5.60. The van der Waals surface area contributed by atoms with Crippen LogP contribution in [0, 0.1) is 0 Å². The minimum absolute atomic E-state index is 0.280. The second-order valence-corrected chi connectivity index (χ2v) is 3.91. The van der Waals surface area contributed by atoms with E-state index in [9.17, 15) is 4.79 Å². The molecule has 16 heavy (non-hydrogen) atoms. The average molecular weight is 225 g/mol. The molecule has 1 heterocycles. The van der Waals surface area contributed by atoms with Gasteiger partial charge in [-0.1, -0.05) is 13.8 Å². The molecule has 0 amide bonds. The van der Waals surface area contributed by atoms with Crippen LogP contribution in [0.1, 0.15) is 38.4 Å². The summed E-state index contributed by atoms with van der Waals surface area (Å²) in [5, 5.41) is 13.0. The van der Waals surface area contributed by atoms with Gasteiger partial charge in [-0.2, -0.15) is 5.10 Å². The lowest BCUT2D eigenvalue weighted by Crippen LogP contribution is -2.32. The smallest absolute Gasteiger partial charge is 0.320 e. The monoisotopic (exact) mass is 225 g/mol. The van der Waals surface area contributed by atoms with Crippen molar-refractivity contribution in [3.63, 3.8) is 0 Å². The van der Waals surface area contributed by atoms with E-state index in [4.69, 9.17) is 10.8 Å². The number of hydrogen-bond donors (Lipinski definition) is 2. The quantitative estimate of drug-likeness (QED) is 0.762. The van der Waals surface area contributed by atoms with Gasteiger partial charge in [0.1, 0.15) is 6.04 Å². The number of hydrogen-bond acceptors (Lipinski definition) is 3. The SMILES string of the molecule is CCC(CC)n1ccc(CC(N)C(=O)O)n1. The topological polar surface area (TPSA) is 81.1 Å². The number of carbonyl (C=O) groups is 1. The molecule has 1 rings (SSSR count). The Labute approximate surface area is 95.3 Å². The zero-order valence-corrected chi connectivity index (χ0v) is 9.76. The van der Waals surface area contributed by atoms with Crippen LogP contribution in [-0.4, -0.2) is 26.9 Å². The highest BCUT2D eigenvalue weighted by atomic mass is 16.4. The Kier molecular flexibility index (Phi) is 4.49. The Morgan fingerprint density at radius 3 is 2.69 bits per heavy atom. The van der Waals surface area contributed by atoms with Crippen LogP contribution in [0.25, 0.3) is 0 Å². The highest BCUT2D eigenvalue weighted by Crippen LogP contribution is 2.14. The van der Waals surface area contributed by atoms with E-state index in [-0.39, 0.29) is 6.42 Å². The summed E-state index contributed by atoms with van der Waals surface area (Å²) in [6, 6.07) is 1.35. The lowest BCUT2D eigenvalue weighted by Gasteiger charge is -2.12. The highest BCUT2D eigenvalue weighted by Gasteiger charge is 2.15. The molecule has 0 aliphatic heterocycles. The number of carboxylic acids is 1. The third-order valence-corrected chi connectivity index (χ3v) is 2.73. The molecule has 0 aliphatic carbocycles. The van der Waals surface area contributed by atoms with Gasteiger partial charge in [0, 0.05) is 12.6 Å². The molecule has 0 fully saturated rings. The van der Waals surface area contributed by atoms with Gasteiger partial charge in [-0.15, -0.1) is 0 Å². The van der Waals surface area contributed by atoms with E-state index < -0.39 is 12.0 Å². The largest absolute Gasteiger partial charge is 0.480 e. The molecule has 1 aromatic heterocycles. The van der Waals surface area contributed by atoms with Crippen LogP contribution < -0.4 is 5.73 Å². The molecular weight excluding hydrogens is 206 g/mol. The minimum atomic E-state index is -0.989. The molecule has 0 saturated carbocycles. The van der Waals surface area contributed by atoms with Crippen LogP contribution in [0.15, 0.2) is 12.3 Å². The van der Waals surface area contributed by atoms with Gasteiger partial charge in [-0.3, -0.25) is 9.48 Å². The summed E-state index contributed by atoms with van der Waals surface area (Å²) in [5.41, 5.74) is 6.19. The lowest BCUT2D eigenvalue weighted by molar-refractivity contribution is -0.138. The fraction of sp³-hybridized carbons (Fsp3) is 0.636. The third-order valence-electron chi connectivity index (χ3n) is 2.73. The first-order chi connectivity index (χ1) is 7.58.